The minimum atomic E-state index is 0.0816. The predicted octanol–water partition coefficient (Wildman–Crippen LogP) is 2.57. The van der Waals surface area contributed by atoms with Gasteiger partial charge >= 0.3 is 0 Å². The van der Waals surface area contributed by atoms with E-state index >= 15 is 0 Å². The van der Waals surface area contributed by atoms with Gasteiger partial charge in [-0.25, -0.2) is 4.68 Å². The first-order valence-corrected chi connectivity index (χ1v) is 8.54. The van der Waals surface area contributed by atoms with E-state index < -0.39 is 0 Å². The van der Waals surface area contributed by atoms with Gasteiger partial charge < -0.3 is 10.6 Å². The maximum Gasteiger partial charge on any atom is 0.264 e. The quantitative estimate of drug-likeness (QED) is 0.787. The predicted molar refractivity (Wildman–Crippen MR) is 92.2 cm³/mol. The minimum Gasteiger partial charge on any atom is -0.336 e. The summed E-state index contributed by atoms with van der Waals surface area (Å²) >= 11 is 1.50. The molecular formula is C17H18N4OS. The number of nitrogens with two attached hydrogens (primary N) is 1. The molecule has 1 amide bonds. The minimum absolute atomic E-state index is 0.0816. The zero-order valence-corrected chi connectivity index (χ0v) is 13.7. The molecule has 1 aliphatic rings. The molecule has 2 aromatic heterocycles. The van der Waals surface area contributed by atoms with Crippen molar-refractivity contribution in [1.82, 2.24) is 14.7 Å². The first-order chi connectivity index (χ1) is 11.1. The Morgan fingerprint density at radius 3 is 2.83 bits per heavy atom. The van der Waals surface area contributed by atoms with Crippen LogP contribution in [0.3, 0.4) is 0 Å². The van der Waals surface area contributed by atoms with Crippen LogP contribution < -0.4 is 5.73 Å². The number of fused-ring (bicyclic) bond motifs is 1. The summed E-state index contributed by atoms with van der Waals surface area (Å²) in [6, 6.07) is 12.1. The van der Waals surface area contributed by atoms with Crippen molar-refractivity contribution in [3.63, 3.8) is 0 Å². The highest BCUT2D eigenvalue weighted by Gasteiger charge is 2.26. The lowest BCUT2D eigenvalue weighted by Crippen LogP contribution is -2.31. The van der Waals surface area contributed by atoms with Crippen molar-refractivity contribution in [2.45, 2.75) is 19.4 Å². The molecule has 0 radical (unpaired) electrons. The molecule has 3 aromatic rings. The highest BCUT2D eigenvalue weighted by atomic mass is 32.1. The highest BCUT2D eigenvalue weighted by Crippen LogP contribution is 2.31. The van der Waals surface area contributed by atoms with E-state index in [-0.39, 0.29) is 11.9 Å². The van der Waals surface area contributed by atoms with Gasteiger partial charge in [-0.3, -0.25) is 4.79 Å². The lowest BCUT2D eigenvalue weighted by molar-refractivity contribution is 0.0795. The summed E-state index contributed by atoms with van der Waals surface area (Å²) in [7, 11) is 0. The topological polar surface area (TPSA) is 64.2 Å². The van der Waals surface area contributed by atoms with Gasteiger partial charge in [0.15, 0.2) is 0 Å². The van der Waals surface area contributed by atoms with E-state index in [0.29, 0.717) is 6.54 Å². The second-order valence-electron chi connectivity index (χ2n) is 5.96. The van der Waals surface area contributed by atoms with E-state index in [4.69, 9.17) is 5.73 Å². The van der Waals surface area contributed by atoms with Gasteiger partial charge in [0.25, 0.3) is 5.91 Å². The monoisotopic (exact) mass is 326 g/mol. The fraction of sp³-hybridized carbons (Fsp3) is 0.294. The van der Waals surface area contributed by atoms with Crippen LogP contribution in [0.15, 0.2) is 36.4 Å². The van der Waals surface area contributed by atoms with Crippen molar-refractivity contribution in [3.05, 3.63) is 47.0 Å². The van der Waals surface area contributed by atoms with Crippen molar-refractivity contribution in [2.75, 3.05) is 13.1 Å². The van der Waals surface area contributed by atoms with E-state index in [0.717, 1.165) is 39.4 Å². The fourth-order valence-corrected chi connectivity index (χ4v) is 4.18. The molecule has 2 N–H and O–H groups in total. The Bertz CT molecular complexity index is 867. The van der Waals surface area contributed by atoms with Crippen LogP contribution in [0.4, 0.5) is 0 Å². The van der Waals surface area contributed by atoms with Crippen LogP contribution in [0.2, 0.25) is 0 Å². The largest absolute Gasteiger partial charge is 0.336 e. The first-order valence-electron chi connectivity index (χ1n) is 7.73. The molecular weight excluding hydrogens is 308 g/mol. The Hall–Kier alpha value is -2.18. The maximum absolute atomic E-state index is 12.7. The average Bonchev–Trinajstić information content (AvgIpc) is 3.25. The van der Waals surface area contributed by atoms with Gasteiger partial charge in [-0.2, -0.15) is 5.10 Å². The van der Waals surface area contributed by atoms with E-state index in [2.05, 4.69) is 5.10 Å². The Morgan fingerprint density at radius 2 is 2.13 bits per heavy atom. The molecule has 5 nitrogen and oxygen atoms in total. The highest BCUT2D eigenvalue weighted by molar-refractivity contribution is 7.20. The Labute approximate surface area is 138 Å². The number of aryl methyl sites for hydroxylation is 1. The normalized spacial score (nSPS) is 18.0. The summed E-state index contributed by atoms with van der Waals surface area (Å²) in [6.45, 7) is 3.38. The number of thiophene rings is 1. The summed E-state index contributed by atoms with van der Waals surface area (Å²) < 4.78 is 1.92. The number of carbonyl (C=O) groups excluding carboxylic acids is 1. The second kappa shape index (κ2) is 5.47. The summed E-state index contributed by atoms with van der Waals surface area (Å²) in [5.41, 5.74) is 7.87. The second-order valence-corrected chi connectivity index (χ2v) is 6.99. The van der Waals surface area contributed by atoms with Gasteiger partial charge in [0.2, 0.25) is 0 Å². The molecule has 3 heterocycles. The van der Waals surface area contributed by atoms with Crippen molar-refractivity contribution < 1.29 is 4.79 Å². The molecule has 1 saturated heterocycles. The van der Waals surface area contributed by atoms with Crippen molar-refractivity contribution >= 4 is 27.5 Å². The van der Waals surface area contributed by atoms with Crippen LogP contribution in [0.5, 0.6) is 0 Å². The molecule has 1 fully saturated rings. The number of amides is 1. The van der Waals surface area contributed by atoms with Crippen LogP contribution in [-0.2, 0) is 0 Å². The standard InChI is InChI=1S/C17H18N4OS/c1-11-14-9-15(16(22)20-8-7-12(18)10-20)23-17(14)21(19-11)13-5-3-2-4-6-13/h2-6,9,12H,7-8,10,18H2,1H3/t12-/m1/s1. The van der Waals surface area contributed by atoms with Crippen LogP contribution >= 0.6 is 11.3 Å². The van der Waals surface area contributed by atoms with E-state index in [9.17, 15) is 4.79 Å². The van der Waals surface area contributed by atoms with Crippen LogP contribution in [0.25, 0.3) is 15.9 Å². The van der Waals surface area contributed by atoms with E-state index in [1.54, 1.807) is 0 Å². The smallest absolute Gasteiger partial charge is 0.264 e. The van der Waals surface area contributed by atoms with Gasteiger partial charge in [-0.1, -0.05) is 18.2 Å². The number of nitrogens with zero attached hydrogens (tertiary/aromatic N) is 3. The van der Waals surface area contributed by atoms with Crippen LogP contribution in [0.1, 0.15) is 21.8 Å². The van der Waals surface area contributed by atoms with Gasteiger partial charge in [0, 0.05) is 24.5 Å². The number of hydrogen-bond acceptors (Lipinski definition) is 4. The third-order valence-corrected chi connectivity index (χ3v) is 5.37. The molecule has 1 aromatic carbocycles. The zero-order valence-electron chi connectivity index (χ0n) is 12.9. The Kier molecular flexibility index (Phi) is 3.43. The number of likely N-dealkylation sites (tertiary alicyclic amines) is 1. The summed E-state index contributed by atoms with van der Waals surface area (Å²) in [4.78, 5) is 16.3. The lowest BCUT2D eigenvalue weighted by atomic mass is 10.3. The molecule has 4 rings (SSSR count). The molecule has 23 heavy (non-hydrogen) atoms. The number of rotatable bonds is 2. The van der Waals surface area contributed by atoms with E-state index in [1.807, 2.05) is 52.9 Å². The average molecular weight is 326 g/mol. The van der Waals surface area contributed by atoms with Gasteiger partial charge in [0.05, 0.1) is 16.3 Å². The Balaban J connectivity index is 1.75. The molecule has 1 aliphatic heterocycles. The number of para-hydroxylation sites is 1. The molecule has 0 saturated carbocycles. The van der Waals surface area contributed by atoms with Gasteiger partial charge in [-0.15, -0.1) is 11.3 Å². The number of hydrogen-bond donors (Lipinski definition) is 1. The van der Waals surface area contributed by atoms with E-state index in [1.165, 1.54) is 11.3 Å². The molecule has 0 bridgehead atoms. The molecule has 6 heteroatoms. The van der Waals surface area contributed by atoms with Crippen molar-refractivity contribution in [2.24, 2.45) is 5.73 Å². The summed E-state index contributed by atoms with van der Waals surface area (Å²) in [6.07, 6.45) is 0.882. The molecule has 1 atom stereocenters. The molecule has 118 valence electrons. The molecule has 0 unspecified atom stereocenters. The third-order valence-electron chi connectivity index (χ3n) is 4.27. The zero-order chi connectivity index (χ0) is 16.0. The van der Waals surface area contributed by atoms with Crippen LogP contribution in [0, 0.1) is 6.92 Å². The fourth-order valence-electron chi connectivity index (χ4n) is 3.02. The first kappa shape index (κ1) is 14.4. The maximum atomic E-state index is 12.7. The van der Waals surface area contributed by atoms with Gasteiger partial charge in [-0.05, 0) is 31.5 Å². The van der Waals surface area contributed by atoms with Crippen molar-refractivity contribution in [1.29, 1.82) is 0 Å². The Morgan fingerprint density at radius 1 is 1.35 bits per heavy atom. The van der Waals surface area contributed by atoms with Gasteiger partial charge in [0.1, 0.15) is 4.83 Å². The third kappa shape index (κ3) is 2.44. The van der Waals surface area contributed by atoms with Crippen molar-refractivity contribution in [3.8, 4) is 5.69 Å². The molecule has 0 aliphatic carbocycles. The summed E-state index contributed by atoms with van der Waals surface area (Å²) in [5, 5.41) is 5.66. The van der Waals surface area contributed by atoms with Crippen LogP contribution in [-0.4, -0.2) is 39.7 Å². The number of carbonyl (C=O) groups is 1. The summed E-state index contributed by atoms with van der Waals surface area (Å²) in [5.74, 6) is 0.0816. The molecule has 0 spiro atoms. The number of benzene rings is 1. The lowest BCUT2D eigenvalue weighted by Gasteiger charge is -2.14. The SMILES string of the molecule is Cc1nn(-c2ccccc2)c2sc(C(=O)N3CC[C@@H](N)C3)cc12. The number of aromatic nitrogens is 2.